The SMILES string of the molecule is CC(C)(C)OC(=O)N1CCCC1(Cc1cccnc1)C(=O)O. The predicted octanol–water partition coefficient (Wildman–Crippen LogP) is 2.48. The van der Waals surface area contributed by atoms with Gasteiger partial charge in [0.2, 0.25) is 0 Å². The van der Waals surface area contributed by atoms with Gasteiger partial charge < -0.3 is 9.84 Å². The Morgan fingerprint density at radius 3 is 2.73 bits per heavy atom. The summed E-state index contributed by atoms with van der Waals surface area (Å²) in [4.78, 5) is 29.7. The molecular weight excluding hydrogens is 284 g/mol. The second-order valence-corrected chi connectivity index (χ2v) is 6.61. The molecule has 0 aromatic carbocycles. The van der Waals surface area contributed by atoms with E-state index >= 15 is 0 Å². The van der Waals surface area contributed by atoms with Gasteiger partial charge in [-0.15, -0.1) is 0 Å². The fourth-order valence-electron chi connectivity index (χ4n) is 2.78. The maximum atomic E-state index is 12.4. The zero-order valence-corrected chi connectivity index (χ0v) is 13.2. The van der Waals surface area contributed by atoms with Crippen LogP contribution in [0.2, 0.25) is 0 Å². The first kappa shape index (κ1) is 16.3. The lowest BCUT2D eigenvalue weighted by molar-refractivity contribution is -0.149. The number of carboxylic acid groups (broad SMARTS) is 1. The van der Waals surface area contributed by atoms with Gasteiger partial charge in [-0.25, -0.2) is 9.59 Å². The fraction of sp³-hybridized carbons (Fsp3) is 0.562. The molecule has 1 amide bonds. The molecule has 120 valence electrons. The van der Waals surface area contributed by atoms with Crippen LogP contribution < -0.4 is 0 Å². The van der Waals surface area contributed by atoms with Crippen molar-refractivity contribution in [1.82, 2.24) is 9.88 Å². The van der Waals surface area contributed by atoms with E-state index in [1.165, 1.54) is 4.90 Å². The third-order valence-electron chi connectivity index (χ3n) is 3.72. The minimum atomic E-state index is -1.26. The van der Waals surface area contributed by atoms with Crippen LogP contribution >= 0.6 is 0 Å². The Hall–Kier alpha value is -2.11. The van der Waals surface area contributed by atoms with Gasteiger partial charge in [0.15, 0.2) is 0 Å². The highest BCUT2D eigenvalue weighted by Crippen LogP contribution is 2.34. The molecule has 2 rings (SSSR count). The number of hydrogen-bond donors (Lipinski definition) is 1. The maximum absolute atomic E-state index is 12.4. The highest BCUT2D eigenvalue weighted by molar-refractivity contribution is 5.85. The van der Waals surface area contributed by atoms with Gasteiger partial charge in [-0.2, -0.15) is 0 Å². The summed E-state index contributed by atoms with van der Waals surface area (Å²) in [6, 6.07) is 3.58. The third kappa shape index (κ3) is 3.37. The van der Waals surface area contributed by atoms with Crippen molar-refractivity contribution >= 4 is 12.1 Å². The van der Waals surface area contributed by atoms with Crippen molar-refractivity contribution < 1.29 is 19.4 Å². The highest BCUT2D eigenvalue weighted by atomic mass is 16.6. The zero-order chi connectivity index (χ0) is 16.4. The molecule has 6 heteroatoms. The molecule has 0 bridgehead atoms. The number of aromatic nitrogens is 1. The lowest BCUT2D eigenvalue weighted by Gasteiger charge is -2.35. The Balaban J connectivity index is 2.28. The van der Waals surface area contributed by atoms with Crippen molar-refractivity contribution in [3.8, 4) is 0 Å². The minimum Gasteiger partial charge on any atom is -0.479 e. The van der Waals surface area contributed by atoms with E-state index in [0.717, 1.165) is 5.56 Å². The summed E-state index contributed by atoms with van der Waals surface area (Å²) >= 11 is 0. The van der Waals surface area contributed by atoms with Crippen molar-refractivity contribution in [2.24, 2.45) is 0 Å². The molecule has 1 aromatic heterocycles. The lowest BCUT2D eigenvalue weighted by Crippen LogP contribution is -2.55. The number of pyridine rings is 1. The Labute approximate surface area is 130 Å². The number of ether oxygens (including phenoxy) is 1. The second-order valence-electron chi connectivity index (χ2n) is 6.61. The van der Waals surface area contributed by atoms with E-state index in [4.69, 9.17) is 4.74 Å². The number of amides is 1. The molecule has 6 nitrogen and oxygen atoms in total. The van der Waals surface area contributed by atoms with Crippen LogP contribution in [0.1, 0.15) is 39.2 Å². The van der Waals surface area contributed by atoms with Gasteiger partial charge in [0.25, 0.3) is 0 Å². The van der Waals surface area contributed by atoms with Crippen LogP contribution in [0.15, 0.2) is 24.5 Å². The van der Waals surface area contributed by atoms with Crippen molar-refractivity contribution in [2.75, 3.05) is 6.54 Å². The Bertz CT molecular complexity index is 553. The van der Waals surface area contributed by atoms with Crippen molar-refractivity contribution in [3.05, 3.63) is 30.1 Å². The van der Waals surface area contributed by atoms with E-state index in [1.807, 2.05) is 6.07 Å². The number of carbonyl (C=O) groups is 2. The van der Waals surface area contributed by atoms with Crippen LogP contribution in [0.5, 0.6) is 0 Å². The van der Waals surface area contributed by atoms with Crippen molar-refractivity contribution in [2.45, 2.75) is 51.2 Å². The summed E-state index contributed by atoms with van der Waals surface area (Å²) in [5.41, 5.74) is -1.12. The van der Waals surface area contributed by atoms with Crippen LogP contribution in [-0.2, 0) is 16.0 Å². The fourth-order valence-corrected chi connectivity index (χ4v) is 2.78. The third-order valence-corrected chi connectivity index (χ3v) is 3.72. The molecule has 1 N–H and O–H groups in total. The largest absolute Gasteiger partial charge is 0.479 e. The van der Waals surface area contributed by atoms with E-state index in [2.05, 4.69) is 4.98 Å². The molecule has 1 unspecified atom stereocenters. The second kappa shape index (κ2) is 5.94. The summed E-state index contributed by atoms with van der Waals surface area (Å²) in [7, 11) is 0. The Morgan fingerprint density at radius 1 is 1.45 bits per heavy atom. The molecule has 22 heavy (non-hydrogen) atoms. The van der Waals surface area contributed by atoms with Gasteiger partial charge in [-0.05, 0) is 45.2 Å². The number of nitrogens with zero attached hydrogens (tertiary/aromatic N) is 2. The molecule has 0 saturated carbocycles. The highest BCUT2D eigenvalue weighted by Gasteiger charge is 2.51. The molecule has 1 saturated heterocycles. The zero-order valence-electron chi connectivity index (χ0n) is 13.2. The van der Waals surface area contributed by atoms with Gasteiger partial charge in [0.1, 0.15) is 11.1 Å². The van der Waals surface area contributed by atoms with Crippen LogP contribution in [0.25, 0.3) is 0 Å². The lowest BCUT2D eigenvalue weighted by atomic mass is 9.89. The Morgan fingerprint density at radius 2 is 2.18 bits per heavy atom. The molecule has 1 aliphatic rings. The maximum Gasteiger partial charge on any atom is 0.411 e. The van der Waals surface area contributed by atoms with E-state index in [-0.39, 0.29) is 6.42 Å². The molecule has 0 radical (unpaired) electrons. The standard InChI is InChI=1S/C16H22N2O4/c1-15(2,3)22-14(21)18-9-5-7-16(18,13(19)20)10-12-6-4-8-17-11-12/h4,6,8,11H,5,7,9-10H2,1-3H3,(H,19,20). The molecule has 1 fully saturated rings. The monoisotopic (exact) mass is 306 g/mol. The van der Waals surface area contributed by atoms with E-state index in [0.29, 0.717) is 19.4 Å². The molecule has 1 aliphatic heterocycles. The quantitative estimate of drug-likeness (QED) is 0.928. The number of hydrogen-bond acceptors (Lipinski definition) is 4. The molecule has 0 spiro atoms. The minimum absolute atomic E-state index is 0.232. The van der Waals surface area contributed by atoms with Gasteiger partial charge in [0, 0.05) is 25.4 Å². The summed E-state index contributed by atoms with van der Waals surface area (Å²) in [6.45, 7) is 5.70. The average Bonchev–Trinajstić information content (AvgIpc) is 2.83. The number of likely N-dealkylation sites (tertiary alicyclic amines) is 1. The van der Waals surface area contributed by atoms with Gasteiger partial charge in [0.05, 0.1) is 0 Å². The molecule has 2 heterocycles. The molecular formula is C16H22N2O4. The first-order valence-corrected chi connectivity index (χ1v) is 7.37. The average molecular weight is 306 g/mol. The normalized spacial score (nSPS) is 21.7. The van der Waals surface area contributed by atoms with Crippen LogP contribution in [0.3, 0.4) is 0 Å². The van der Waals surface area contributed by atoms with E-state index in [1.54, 1.807) is 39.2 Å². The first-order chi connectivity index (χ1) is 10.2. The summed E-state index contributed by atoms with van der Waals surface area (Å²) < 4.78 is 5.37. The first-order valence-electron chi connectivity index (χ1n) is 7.37. The van der Waals surface area contributed by atoms with Crippen LogP contribution in [0.4, 0.5) is 4.79 Å². The van der Waals surface area contributed by atoms with Gasteiger partial charge in [-0.3, -0.25) is 9.88 Å². The topological polar surface area (TPSA) is 79.7 Å². The van der Waals surface area contributed by atoms with Crippen LogP contribution in [0, 0.1) is 0 Å². The predicted molar refractivity (Wildman–Crippen MR) is 80.5 cm³/mol. The summed E-state index contributed by atoms with van der Waals surface area (Å²) in [5.74, 6) is -1.00. The van der Waals surface area contributed by atoms with E-state index < -0.39 is 23.2 Å². The number of carboxylic acids is 1. The van der Waals surface area contributed by atoms with Gasteiger partial charge >= 0.3 is 12.1 Å². The number of rotatable bonds is 3. The Kier molecular flexibility index (Phi) is 4.39. The van der Waals surface area contributed by atoms with Crippen molar-refractivity contribution in [3.63, 3.8) is 0 Å². The molecule has 1 aromatic rings. The van der Waals surface area contributed by atoms with Gasteiger partial charge in [-0.1, -0.05) is 6.07 Å². The summed E-state index contributed by atoms with van der Waals surface area (Å²) in [6.07, 6.45) is 3.99. The van der Waals surface area contributed by atoms with Crippen LogP contribution in [-0.4, -0.2) is 44.7 Å². The summed E-state index contributed by atoms with van der Waals surface area (Å²) in [5, 5.41) is 9.77. The molecule has 0 aliphatic carbocycles. The molecule has 1 atom stereocenters. The number of carbonyl (C=O) groups excluding carboxylic acids is 1. The van der Waals surface area contributed by atoms with E-state index in [9.17, 15) is 14.7 Å². The van der Waals surface area contributed by atoms with Crippen molar-refractivity contribution in [1.29, 1.82) is 0 Å². The number of aliphatic carboxylic acids is 1. The smallest absolute Gasteiger partial charge is 0.411 e.